The number of ether oxygens (including phenoxy) is 5. The minimum Gasteiger partial charge on any atom is -0.486 e. The molecule has 3 aromatic rings. The number of benzene rings is 3. The van der Waals surface area contributed by atoms with Crippen LogP contribution < -0.4 is 14.2 Å². The third-order valence-electron chi connectivity index (χ3n) is 5.56. The number of carbonyl (C=O) groups is 3. The summed E-state index contributed by atoms with van der Waals surface area (Å²) in [5.41, 5.74) is 4.47. The van der Waals surface area contributed by atoms with Crippen molar-refractivity contribution in [2.75, 3.05) is 20.0 Å². The van der Waals surface area contributed by atoms with Gasteiger partial charge in [0, 0.05) is 16.7 Å². The van der Waals surface area contributed by atoms with Gasteiger partial charge in [0.15, 0.2) is 11.5 Å². The molecule has 0 saturated heterocycles. The van der Waals surface area contributed by atoms with E-state index in [0.717, 1.165) is 22.3 Å². The normalized spacial score (nSPS) is 10.2. The molecular weight excluding hydrogens is 524 g/mol. The summed E-state index contributed by atoms with van der Waals surface area (Å²) in [4.78, 5) is 35.2. The molecule has 0 atom stereocenters. The summed E-state index contributed by atoms with van der Waals surface area (Å²) in [6.45, 7) is 15.1. The molecule has 0 aliphatic carbocycles. The van der Waals surface area contributed by atoms with Gasteiger partial charge < -0.3 is 23.7 Å². The highest BCUT2D eigenvalue weighted by atomic mass is 16.7. The number of carbonyl (C=O) groups excluding carboxylic acids is 3. The molecule has 0 spiro atoms. The van der Waals surface area contributed by atoms with Crippen molar-refractivity contribution in [2.45, 2.75) is 20.8 Å². The fraction of sp³-hybridized carbons (Fsp3) is 0.182. The van der Waals surface area contributed by atoms with E-state index in [2.05, 4.69) is 19.7 Å². The Labute approximate surface area is 239 Å². The number of rotatable bonds is 13. The van der Waals surface area contributed by atoms with Crippen molar-refractivity contribution in [2.24, 2.45) is 0 Å². The number of hydrogen-bond donors (Lipinski definition) is 0. The van der Waals surface area contributed by atoms with Gasteiger partial charge in [0.25, 0.3) is 0 Å². The van der Waals surface area contributed by atoms with E-state index in [0.29, 0.717) is 22.8 Å². The molecule has 0 radical (unpaired) electrons. The third kappa shape index (κ3) is 8.96. The number of esters is 3. The molecule has 0 bridgehead atoms. The monoisotopic (exact) mass is 556 g/mol. The van der Waals surface area contributed by atoms with Crippen LogP contribution >= 0.6 is 0 Å². The zero-order valence-electron chi connectivity index (χ0n) is 23.4. The van der Waals surface area contributed by atoms with Gasteiger partial charge in [0.05, 0.1) is 0 Å². The quantitative estimate of drug-likeness (QED) is 0.0778. The summed E-state index contributed by atoms with van der Waals surface area (Å²) >= 11 is 0. The average molecular weight is 557 g/mol. The van der Waals surface area contributed by atoms with Gasteiger partial charge in [-0.05, 0) is 73.4 Å². The summed E-state index contributed by atoms with van der Waals surface area (Å²) in [6, 6.07) is 20.4. The molecule has 0 amide bonds. The van der Waals surface area contributed by atoms with Crippen LogP contribution in [-0.4, -0.2) is 37.9 Å². The lowest BCUT2D eigenvalue weighted by atomic mass is 9.99. The van der Waals surface area contributed by atoms with Crippen LogP contribution in [0.2, 0.25) is 0 Å². The zero-order valence-corrected chi connectivity index (χ0v) is 23.4. The van der Waals surface area contributed by atoms with Crippen molar-refractivity contribution in [3.05, 3.63) is 103 Å². The summed E-state index contributed by atoms with van der Waals surface area (Å²) in [5, 5.41) is 0. The van der Waals surface area contributed by atoms with Gasteiger partial charge in [0.1, 0.15) is 19.0 Å². The first-order valence-electron chi connectivity index (χ1n) is 12.7. The van der Waals surface area contributed by atoms with Gasteiger partial charge in [-0.25, -0.2) is 14.4 Å². The van der Waals surface area contributed by atoms with E-state index in [4.69, 9.17) is 23.7 Å². The van der Waals surface area contributed by atoms with Gasteiger partial charge in [-0.15, -0.1) is 0 Å². The van der Waals surface area contributed by atoms with Gasteiger partial charge in [0.2, 0.25) is 6.79 Å². The van der Waals surface area contributed by atoms with Crippen LogP contribution in [0.15, 0.2) is 103 Å². The van der Waals surface area contributed by atoms with E-state index in [1.165, 1.54) is 0 Å². The van der Waals surface area contributed by atoms with E-state index in [-0.39, 0.29) is 31.2 Å². The summed E-state index contributed by atoms with van der Waals surface area (Å²) in [7, 11) is 0. The van der Waals surface area contributed by atoms with E-state index < -0.39 is 17.9 Å². The van der Waals surface area contributed by atoms with E-state index in [1.54, 1.807) is 45.0 Å². The molecule has 0 aromatic heterocycles. The Kier molecular flexibility index (Phi) is 10.6. The molecule has 8 nitrogen and oxygen atoms in total. The predicted molar refractivity (Wildman–Crippen MR) is 155 cm³/mol. The fourth-order valence-corrected chi connectivity index (χ4v) is 3.39. The molecule has 41 heavy (non-hydrogen) atoms. The van der Waals surface area contributed by atoms with E-state index in [1.807, 2.05) is 42.5 Å². The van der Waals surface area contributed by atoms with Crippen LogP contribution in [0.5, 0.6) is 17.2 Å². The van der Waals surface area contributed by atoms with Crippen LogP contribution in [0, 0.1) is 0 Å². The Morgan fingerprint density at radius 2 is 1.15 bits per heavy atom. The van der Waals surface area contributed by atoms with Crippen molar-refractivity contribution in [1.29, 1.82) is 0 Å². The Bertz CT molecular complexity index is 1470. The summed E-state index contributed by atoms with van der Waals surface area (Å²) in [5.74, 6) is -0.426. The van der Waals surface area contributed by atoms with Crippen molar-refractivity contribution >= 4 is 17.9 Å². The van der Waals surface area contributed by atoms with E-state index in [9.17, 15) is 14.4 Å². The van der Waals surface area contributed by atoms with Gasteiger partial charge in [-0.1, -0.05) is 56.1 Å². The maximum Gasteiger partial charge on any atom is 0.338 e. The second-order valence-corrected chi connectivity index (χ2v) is 9.18. The minimum absolute atomic E-state index is 0.00711. The van der Waals surface area contributed by atoms with Crippen LogP contribution in [0.3, 0.4) is 0 Å². The maximum atomic E-state index is 11.8. The van der Waals surface area contributed by atoms with Crippen molar-refractivity contribution in [3.8, 4) is 39.5 Å². The first kappa shape index (κ1) is 30.4. The second-order valence-electron chi connectivity index (χ2n) is 9.18. The lowest BCUT2D eigenvalue weighted by Gasteiger charge is -2.15. The zero-order chi connectivity index (χ0) is 29.9. The van der Waals surface area contributed by atoms with Crippen LogP contribution in [0.4, 0.5) is 0 Å². The molecular formula is C33H32O8. The van der Waals surface area contributed by atoms with Crippen molar-refractivity contribution in [1.82, 2.24) is 0 Å². The summed E-state index contributed by atoms with van der Waals surface area (Å²) < 4.78 is 26.9. The predicted octanol–water partition coefficient (Wildman–Crippen LogP) is 6.46. The van der Waals surface area contributed by atoms with Crippen LogP contribution in [-0.2, 0) is 23.9 Å². The molecule has 0 aliphatic rings. The molecule has 0 fully saturated rings. The Hall–Kier alpha value is -5.11. The topological polar surface area (TPSA) is 97.4 Å². The molecule has 0 unspecified atom stereocenters. The molecule has 3 rings (SSSR count). The molecule has 0 heterocycles. The fourth-order valence-electron chi connectivity index (χ4n) is 3.39. The Morgan fingerprint density at radius 3 is 1.78 bits per heavy atom. The first-order valence-corrected chi connectivity index (χ1v) is 12.7. The van der Waals surface area contributed by atoms with Crippen LogP contribution in [0.1, 0.15) is 20.8 Å². The maximum absolute atomic E-state index is 11.8. The SMILES string of the molecule is C=C(C)C(=O)OCCOc1cc(-c2cccc(-c3ccc(OC(=O)C(=C)C)cc3)c2)ccc1OCOC(=O)C(=C)C. The van der Waals surface area contributed by atoms with Crippen molar-refractivity contribution < 1.29 is 38.1 Å². The summed E-state index contributed by atoms with van der Waals surface area (Å²) in [6.07, 6.45) is 0. The van der Waals surface area contributed by atoms with Gasteiger partial charge >= 0.3 is 17.9 Å². The average Bonchev–Trinajstić information content (AvgIpc) is 2.95. The Morgan fingerprint density at radius 1 is 0.585 bits per heavy atom. The van der Waals surface area contributed by atoms with Crippen molar-refractivity contribution in [3.63, 3.8) is 0 Å². The lowest BCUT2D eigenvalue weighted by molar-refractivity contribution is -0.145. The lowest BCUT2D eigenvalue weighted by Crippen LogP contribution is -2.14. The highest BCUT2D eigenvalue weighted by molar-refractivity contribution is 5.89. The number of hydrogen-bond acceptors (Lipinski definition) is 8. The molecule has 3 aromatic carbocycles. The third-order valence-corrected chi connectivity index (χ3v) is 5.56. The van der Waals surface area contributed by atoms with Gasteiger partial charge in [-0.2, -0.15) is 0 Å². The van der Waals surface area contributed by atoms with E-state index >= 15 is 0 Å². The molecule has 212 valence electrons. The van der Waals surface area contributed by atoms with Crippen LogP contribution in [0.25, 0.3) is 22.3 Å². The minimum atomic E-state index is -0.574. The molecule has 0 saturated carbocycles. The molecule has 0 aliphatic heterocycles. The smallest absolute Gasteiger partial charge is 0.338 e. The Balaban J connectivity index is 1.81. The highest BCUT2D eigenvalue weighted by Gasteiger charge is 2.12. The van der Waals surface area contributed by atoms with Gasteiger partial charge in [-0.3, -0.25) is 0 Å². The highest BCUT2D eigenvalue weighted by Crippen LogP contribution is 2.34. The molecule has 0 N–H and O–H groups in total. The largest absolute Gasteiger partial charge is 0.486 e. The second kappa shape index (κ2) is 14.3. The standard InChI is InChI=1S/C33H32O8/c1-21(2)31(34)38-17-16-37-30-19-27(12-15-29(30)39-20-40-32(35)22(3)4)26-9-7-8-25(18-26)24-10-13-28(14-11-24)41-33(36)23(5)6/h7-15,18-19H,1,3,5,16-17,20H2,2,4,6H3. The molecule has 8 heteroatoms. The first-order chi connectivity index (χ1) is 19.5.